The molecular weight excluding hydrogens is 276 g/mol. The normalized spacial score (nSPS) is 22.0. The van der Waals surface area contributed by atoms with Crippen LogP contribution in [0.4, 0.5) is 4.79 Å². The smallest absolute Gasteiger partial charge is 0.410 e. The summed E-state index contributed by atoms with van der Waals surface area (Å²) >= 11 is 0. The number of carbonyl (C=O) groups is 3. The summed E-state index contributed by atoms with van der Waals surface area (Å²) in [6.45, 7) is 7.58. The van der Waals surface area contributed by atoms with Gasteiger partial charge in [-0.05, 0) is 40.5 Å². The van der Waals surface area contributed by atoms with Crippen LogP contribution < -0.4 is 0 Å². The van der Waals surface area contributed by atoms with Gasteiger partial charge in [0.1, 0.15) is 12.1 Å². The molecule has 1 unspecified atom stereocenters. The van der Waals surface area contributed by atoms with E-state index in [0.29, 0.717) is 19.4 Å². The highest BCUT2D eigenvalue weighted by molar-refractivity contribution is 5.72. The Hall–Kier alpha value is -1.79. The van der Waals surface area contributed by atoms with Crippen LogP contribution in [0.1, 0.15) is 40.5 Å². The molecule has 21 heavy (non-hydrogen) atoms. The molecule has 120 valence electrons. The minimum Gasteiger partial charge on any atom is -0.480 e. The van der Waals surface area contributed by atoms with Crippen LogP contribution in [0.25, 0.3) is 0 Å². The Bertz CT molecular complexity index is 418. The molecule has 0 bridgehead atoms. The molecule has 0 radical (unpaired) electrons. The van der Waals surface area contributed by atoms with Gasteiger partial charge in [0.25, 0.3) is 0 Å². The summed E-state index contributed by atoms with van der Waals surface area (Å²) in [5.74, 6) is -1.08. The fourth-order valence-corrected chi connectivity index (χ4v) is 2.56. The van der Waals surface area contributed by atoms with Crippen LogP contribution in [-0.4, -0.2) is 64.2 Å². The fraction of sp³-hybridized carbons (Fsp3) is 0.786. The van der Waals surface area contributed by atoms with Gasteiger partial charge < -0.3 is 19.6 Å². The second kappa shape index (κ2) is 6.32. The Balaban J connectivity index is 2.79. The summed E-state index contributed by atoms with van der Waals surface area (Å²) in [4.78, 5) is 36.8. The first kappa shape index (κ1) is 17.3. The quantitative estimate of drug-likeness (QED) is 0.774. The lowest BCUT2D eigenvalue weighted by molar-refractivity contribution is -0.141. The summed E-state index contributed by atoms with van der Waals surface area (Å²) in [6, 6.07) is 0. The lowest BCUT2D eigenvalue weighted by atomic mass is 9.98. The number of likely N-dealkylation sites (tertiary alicyclic amines) is 1. The van der Waals surface area contributed by atoms with E-state index in [1.165, 1.54) is 4.90 Å². The van der Waals surface area contributed by atoms with Crippen molar-refractivity contribution in [3.05, 3.63) is 0 Å². The largest absolute Gasteiger partial charge is 0.480 e. The number of hydrogen-bond donors (Lipinski definition) is 1. The first-order valence-corrected chi connectivity index (χ1v) is 6.99. The van der Waals surface area contributed by atoms with Crippen LogP contribution in [0, 0.1) is 0 Å². The average Bonchev–Trinajstić information content (AvgIpc) is 2.67. The second-order valence-corrected chi connectivity index (χ2v) is 6.64. The maximum absolute atomic E-state index is 12.2. The summed E-state index contributed by atoms with van der Waals surface area (Å²) < 4.78 is 5.38. The zero-order valence-electron chi connectivity index (χ0n) is 13.1. The van der Waals surface area contributed by atoms with Gasteiger partial charge in [0.15, 0.2) is 0 Å². The number of hydrogen-bond acceptors (Lipinski definition) is 4. The van der Waals surface area contributed by atoms with E-state index in [-0.39, 0.29) is 13.1 Å². The number of carbonyl (C=O) groups excluding carboxylic acids is 2. The SMILES string of the molecule is CC(C)(C)OC(=O)N1CCCC1(C)CN(C=O)CC(=O)O. The topological polar surface area (TPSA) is 87.2 Å². The van der Waals surface area contributed by atoms with Gasteiger partial charge in [-0.1, -0.05) is 0 Å². The number of rotatable bonds is 5. The summed E-state index contributed by atoms with van der Waals surface area (Å²) in [5.41, 5.74) is -1.19. The molecule has 0 aromatic carbocycles. The fourth-order valence-electron chi connectivity index (χ4n) is 2.56. The molecule has 0 aromatic rings. The monoisotopic (exact) mass is 300 g/mol. The molecule has 1 N–H and O–H groups in total. The van der Waals surface area contributed by atoms with Crippen LogP contribution in [-0.2, 0) is 14.3 Å². The van der Waals surface area contributed by atoms with Gasteiger partial charge >= 0.3 is 12.1 Å². The molecule has 1 fully saturated rings. The number of carboxylic acids is 1. The third kappa shape index (κ3) is 4.91. The number of amides is 2. The maximum atomic E-state index is 12.2. The van der Waals surface area contributed by atoms with E-state index < -0.39 is 23.2 Å². The van der Waals surface area contributed by atoms with E-state index >= 15 is 0 Å². The van der Waals surface area contributed by atoms with Crippen molar-refractivity contribution >= 4 is 18.5 Å². The van der Waals surface area contributed by atoms with Crippen molar-refractivity contribution in [1.82, 2.24) is 9.80 Å². The Morgan fingerprint density at radius 3 is 2.52 bits per heavy atom. The molecule has 1 saturated heterocycles. The first-order chi connectivity index (χ1) is 9.57. The maximum Gasteiger partial charge on any atom is 0.410 e. The van der Waals surface area contributed by atoms with Gasteiger partial charge in [-0.25, -0.2) is 4.79 Å². The van der Waals surface area contributed by atoms with Crippen molar-refractivity contribution in [1.29, 1.82) is 0 Å². The summed E-state index contributed by atoms with van der Waals surface area (Å²) in [7, 11) is 0. The molecule has 2 amide bonds. The second-order valence-electron chi connectivity index (χ2n) is 6.64. The van der Waals surface area contributed by atoms with Crippen LogP contribution in [0.3, 0.4) is 0 Å². The molecule has 1 rings (SSSR count). The van der Waals surface area contributed by atoms with Crippen molar-refractivity contribution in [2.75, 3.05) is 19.6 Å². The average molecular weight is 300 g/mol. The van der Waals surface area contributed by atoms with Crippen LogP contribution in [0.2, 0.25) is 0 Å². The Morgan fingerprint density at radius 2 is 2.05 bits per heavy atom. The number of aliphatic carboxylic acids is 1. The standard InChI is InChI=1S/C14H24N2O5/c1-13(2,3)21-12(20)16-7-5-6-14(16,4)9-15(10-17)8-11(18)19/h10H,5-9H2,1-4H3,(H,18,19). The lowest BCUT2D eigenvalue weighted by Gasteiger charge is -2.38. The summed E-state index contributed by atoms with van der Waals surface area (Å²) in [6.07, 6.45) is 1.58. The molecule has 0 spiro atoms. The number of nitrogens with zero attached hydrogens (tertiary/aromatic N) is 2. The molecule has 1 aliphatic heterocycles. The van der Waals surface area contributed by atoms with Gasteiger partial charge in [-0.2, -0.15) is 0 Å². The minimum atomic E-state index is -1.08. The van der Waals surface area contributed by atoms with Crippen molar-refractivity contribution in [3.63, 3.8) is 0 Å². The van der Waals surface area contributed by atoms with E-state index in [2.05, 4.69) is 0 Å². The van der Waals surface area contributed by atoms with Crippen LogP contribution in [0.15, 0.2) is 0 Å². The zero-order chi connectivity index (χ0) is 16.3. The van der Waals surface area contributed by atoms with Gasteiger partial charge in [0.05, 0.1) is 5.54 Å². The van der Waals surface area contributed by atoms with Crippen molar-refractivity contribution in [3.8, 4) is 0 Å². The first-order valence-electron chi connectivity index (χ1n) is 6.99. The Kier molecular flexibility index (Phi) is 5.20. The van der Waals surface area contributed by atoms with Crippen molar-refractivity contribution < 1.29 is 24.2 Å². The lowest BCUT2D eigenvalue weighted by Crippen LogP contribution is -2.53. The zero-order valence-corrected chi connectivity index (χ0v) is 13.1. The Morgan fingerprint density at radius 1 is 1.43 bits per heavy atom. The van der Waals surface area contributed by atoms with Crippen molar-refractivity contribution in [2.24, 2.45) is 0 Å². The van der Waals surface area contributed by atoms with Gasteiger partial charge in [-0.3, -0.25) is 9.59 Å². The highest BCUT2D eigenvalue weighted by Gasteiger charge is 2.42. The molecule has 1 aliphatic rings. The van der Waals surface area contributed by atoms with Gasteiger partial charge in [0, 0.05) is 13.1 Å². The van der Waals surface area contributed by atoms with Gasteiger partial charge in [0.2, 0.25) is 6.41 Å². The Labute approximate surface area is 124 Å². The molecule has 0 aliphatic carbocycles. The molecule has 1 atom stereocenters. The predicted molar refractivity (Wildman–Crippen MR) is 75.9 cm³/mol. The number of ether oxygens (including phenoxy) is 1. The number of carboxylic acid groups (broad SMARTS) is 1. The van der Waals surface area contributed by atoms with E-state index in [0.717, 1.165) is 6.42 Å². The predicted octanol–water partition coefficient (Wildman–Crippen LogP) is 1.32. The van der Waals surface area contributed by atoms with Gasteiger partial charge in [-0.15, -0.1) is 0 Å². The van der Waals surface area contributed by atoms with Crippen molar-refractivity contribution in [2.45, 2.75) is 51.7 Å². The van der Waals surface area contributed by atoms with E-state index in [1.54, 1.807) is 25.7 Å². The highest BCUT2D eigenvalue weighted by atomic mass is 16.6. The van der Waals surface area contributed by atoms with Crippen LogP contribution in [0.5, 0.6) is 0 Å². The molecule has 7 heteroatoms. The van der Waals surface area contributed by atoms with Crippen LogP contribution >= 0.6 is 0 Å². The molecule has 0 aromatic heterocycles. The molecule has 1 heterocycles. The molecular formula is C14H24N2O5. The minimum absolute atomic E-state index is 0.183. The third-order valence-corrected chi connectivity index (χ3v) is 3.39. The molecule has 0 saturated carbocycles. The highest BCUT2D eigenvalue weighted by Crippen LogP contribution is 2.31. The third-order valence-electron chi connectivity index (χ3n) is 3.39. The van der Waals surface area contributed by atoms with E-state index in [9.17, 15) is 14.4 Å². The summed E-state index contributed by atoms with van der Waals surface area (Å²) in [5, 5.41) is 8.80. The van der Waals surface area contributed by atoms with E-state index in [1.807, 2.05) is 6.92 Å². The van der Waals surface area contributed by atoms with E-state index in [4.69, 9.17) is 9.84 Å². The molecule has 7 nitrogen and oxygen atoms in total.